The molecule has 1 aromatic heterocycles. The summed E-state index contributed by atoms with van der Waals surface area (Å²) in [6.45, 7) is 4.34. The average molecular weight is 464 g/mol. The van der Waals surface area contributed by atoms with Crippen LogP contribution in [0.25, 0.3) is 0 Å². The number of benzene rings is 1. The summed E-state index contributed by atoms with van der Waals surface area (Å²) < 4.78 is 11.6. The third-order valence-corrected chi connectivity index (χ3v) is 9.40. The Hall–Kier alpha value is -1.52. The molecule has 0 radical (unpaired) electrons. The predicted octanol–water partition coefficient (Wildman–Crippen LogP) is 4.01. The molecule has 2 aromatic rings. The molecule has 1 aromatic carbocycles. The van der Waals surface area contributed by atoms with E-state index in [0.29, 0.717) is 18.9 Å². The van der Waals surface area contributed by atoms with Crippen molar-refractivity contribution >= 4 is 51.2 Å². The van der Waals surface area contributed by atoms with Gasteiger partial charge in [0.25, 0.3) is 0 Å². The van der Waals surface area contributed by atoms with E-state index in [2.05, 4.69) is 31.8 Å². The summed E-state index contributed by atoms with van der Waals surface area (Å²) in [6.07, 6.45) is 0.160. The first-order valence-electron chi connectivity index (χ1n) is 8.87. The number of rotatable bonds is 4. The van der Waals surface area contributed by atoms with Crippen molar-refractivity contribution in [3.63, 3.8) is 0 Å². The van der Waals surface area contributed by atoms with Gasteiger partial charge < -0.3 is 4.52 Å². The molecule has 2 aliphatic heterocycles. The molecule has 1 saturated heterocycles. The van der Waals surface area contributed by atoms with Gasteiger partial charge in [0.2, 0.25) is 12.3 Å². The molecule has 0 unspecified atom stereocenters. The normalized spacial score (nSPS) is 22.0. The lowest BCUT2D eigenvalue weighted by Gasteiger charge is -2.34. The summed E-state index contributed by atoms with van der Waals surface area (Å²) in [5.41, 5.74) is 1.75. The van der Waals surface area contributed by atoms with E-state index in [4.69, 9.17) is 26.6 Å². The molecule has 0 aliphatic carbocycles. The summed E-state index contributed by atoms with van der Waals surface area (Å²) in [4.78, 5) is 4.79. The van der Waals surface area contributed by atoms with Crippen LogP contribution in [0.15, 0.2) is 33.7 Å². The highest BCUT2D eigenvalue weighted by atomic mass is 79.9. The van der Waals surface area contributed by atoms with E-state index < -0.39 is 6.42 Å². The molecule has 27 heavy (non-hydrogen) atoms. The number of aromatic nitrogens is 2. The van der Waals surface area contributed by atoms with E-state index in [-0.39, 0.29) is 0 Å². The van der Waals surface area contributed by atoms with E-state index >= 15 is 0 Å². The minimum atomic E-state index is -2.48. The Labute approximate surface area is 172 Å². The van der Waals surface area contributed by atoms with Crippen LogP contribution in [0.1, 0.15) is 30.5 Å². The van der Waals surface area contributed by atoms with E-state index in [1.54, 1.807) is 0 Å². The van der Waals surface area contributed by atoms with Crippen LogP contribution < -0.4 is 5.30 Å². The van der Waals surface area contributed by atoms with Crippen LogP contribution in [-0.2, 0) is 22.9 Å². The summed E-state index contributed by atoms with van der Waals surface area (Å²) in [5.74, 6) is 1.30. The zero-order valence-electron chi connectivity index (χ0n) is 14.9. The second-order valence-corrected chi connectivity index (χ2v) is 11.2. The third-order valence-electron chi connectivity index (χ3n) is 4.75. The van der Waals surface area contributed by atoms with Gasteiger partial charge in [-0.25, -0.2) is 9.35 Å². The van der Waals surface area contributed by atoms with Crippen molar-refractivity contribution in [2.24, 2.45) is 4.99 Å². The average Bonchev–Trinajstić information content (AvgIpc) is 3.30. The van der Waals surface area contributed by atoms with Crippen LogP contribution in [0.2, 0.25) is 0 Å². The number of fused-ring (bicyclic) bond motifs is 1. The standard InChI is InChI=1S/C18H19BrN5OPS/c1-13-16-17(24(22-13)12-4-9-20)21-18(14-5-7-15(19)8-6-14)25-26(16,27)23-10-2-3-11-23/h5-8H,2-4,10-12H2,1H3/t26-/m1/s1. The van der Waals surface area contributed by atoms with Crippen LogP contribution in [0.5, 0.6) is 0 Å². The summed E-state index contributed by atoms with van der Waals surface area (Å²) in [6, 6.07) is 10.1. The molecule has 0 amide bonds. The lowest BCUT2D eigenvalue weighted by Crippen LogP contribution is -2.30. The topological polar surface area (TPSA) is 66.4 Å². The second-order valence-electron chi connectivity index (χ2n) is 6.59. The minimum Gasteiger partial charge on any atom is -0.431 e. The van der Waals surface area contributed by atoms with Gasteiger partial charge in [-0.3, -0.25) is 0 Å². The van der Waals surface area contributed by atoms with Gasteiger partial charge in [0.05, 0.1) is 24.7 Å². The fourth-order valence-corrected chi connectivity index (χ4v) is 7.62. The molecule has 6 nitrogen and oxygen atoms in total. The molecule has 4 rings (SSSR count). The molecule has 0 bridgehead atoms. The maximum Gasteiger partial charge on any atom is 0.227 e. The number of hydrogen-bond acceptors (Lipinski definition) is 5. The van der Waals surface area contributed by atoms with Gasteiger partial charge in [0, 0.05) is 23.1 Å². The lowest BCUT2D eigenvalue weighted by molar-refractivity contribution is 0.481. The smallest absolute Gasteiger partial charge is 0.227 e. The van der Waals surface area contributed by atoms with Crippen molar-refractivity contribution in [3.05, 3.63) is 40.0 Å². The van der Waals surface area contributed by atoms with Gasteiger partial charge in [-0.05, 0) is 55.8 Å². The van der Waals surface area contributed by atoms with Crippen LogP contribution in [0, 0.1) is 18.3 Å². The number of halogens is 1. The number of nitriles is 1. The molecule has 0 spiro atoms. The molecule has 9 heteroatoms. The first-order chi connectivity index (χ1) is 13.0. The fourth-order valence-electron chi connectivity index (χ4n) is 3.47. The van der Waals surface area contributed by atoms with Gasteiger partial charge in [-0.1, -0.05) is 15.9 Å². The van der Waals surface area contributed by atoms with E-state index in [0.717, 1.165) is 52.8 Å². The van der Waals surface area contributed by atoms with Crippen LogP contribution in [-0.4, -0.2) is 33.4 Å². The molecule has 0 N–H and O–H groups in total. The SMILES string of the molecule is Cc1nn(CCC#N)c2c1[P@@](=S)(N1CCCC1)OC(c1ccc(Br)cc1)=N2. The molecule has 2 aliphatic rings. The molecule has 140 valence electrons. The van der Waals surface area contributed by atoms with Gasteiger partial charge in [0.1, 0.15) is 5.30 Å². The maximum atomic E-state index is 8.99. The number of aryl methyl sites for hydroxylation is 2. The van der Waals surface area contributed by atoms with Gasteiger partial charge in [-0.2, -0.15) is 15.4 Å². The Bertz CT molecular complexity index is 988. The van der Waals surface area contributed by atoms with Crippen molar-refractivity contribution in [1.29, 1.82) is 5.26 Å². The monoisotopic (exact) mass is 463 g/mol. The summed E-state index contributed by atoms with van der Waals surface area (Å²) in [5, 5.41) is 14.6. The summed E-state index contributed by atoms with van der Waals surface area (Å²) in [7, 11) is 0. The quantitative estimate of drug-likeness (QED) is 0.640. The predicted molar refractivity (Wildman–Crippen MR) is 113 cm³/mol. The van der Waals surface area contributed by atoms with Gasteiger partial charge in [0.15, 0.2) is 5.82 Å². The Kier molecular flexibility index (Phi) is 5.21. The zero-order valence-corrected chi connectivity index (χ0v) is 18.2. The van der Waals surface area contributed by atoms with Crippen molar-refractivity contribution in [1.82, 2.24) is 14.5 Å². The number of nitrogens with zero attached hydrogens (tertiary/aromatic N) is 5. The molecular weight excluding hydrogens is 445 g/mol. The Morgan fingerprint density at radius 3 is 2.67 bits per heavy atom. The zero-order chi connectivity index (χ0) is 19.0. The van der Waals surface area contributed by atoms with Crippen LogP contribution in [0.4, 0.5) is 5.82 Å². The first kappa shape index (κ1) is 18.8. The Morgan fingerprint density at radius 2 is 2.00 bits per heavy atom. The molecule has 0 saturated carbocycles. The number of hydrogen-bond donors (Lipinski definition) is 0. The molecule has 1 atom stereocenters. The van der Waals surface area contributed by atoms with Crippen LogP contribution in [0.3, 0.4) is 0 Å². The van der Waals surface area contributed by atoms with Crippen molar-refractivity contribution < 1.29 is 4.52 Å². The van der Waals surface area contributed by atoms with Crippen molar-refractivity contribution in [2.45, 2.75) is 32.7 Å². The molecule has 1 fully saturated rings. The second kappa shape index (κ2) is 7.48. The highest BCUT2D eigenvalue weighted by molar-refractivity contribution is 9.10. The van der Waals surface area contributed by atoms with E-state index in [1.807, 2.05) is 35.9 Å². The fraction of sp³-hybridized carbons (Fsp3) is 0.389. The van der Waals surface area contributed by atoms with Crippen molar-refractivity contribution in [2.75, 3.05) is 13.1 Å². The van der Waals surface area contributed by atoms with Gasteiger partial charge in [-0.15, -0.1) is 0 Å². The summed E-state index contributed by atoms with van der Waals surface area (Å²) >= 11 is 9.66. The lowest BCUT2D eigenvalue weighted by atomic mass is 10.2. The Balaban J connectivity index is 1.87. The van der Waals surface area contributed by atoms with E-state index in [1.165, 1.54) is 0 Å². The molecule has 3 heterocycles. The minimum absolute atomic E-state index is 0.379. The van der Waals surface area contributed by atoms with Gasteiger partial charge >= 0.3 is 0 Å². The Morgan fingerprint density at radius 1 is 1.30 bits per heavy atom. The highest BCUT2D eigenvalue weighted by Gasteiger charge is 2.42. The highest BCUT2D eigenvalue weighted by Crippen LogP contribution is 2.57. The first-order valence-corrected chi connectivity index (χ1v) is 12.3. The largest absolute Gasteiger partial charge is 0.431 e. The number of aliphatic imine (C=N–C) groups is 1. The maximum absolute atomic E-state index is 8.99. The molecular formula is C18H19BrN5OPS. The van der Waals surface area contributed by atoms with E-state index in [9.17, 15) is 0 Å². The third kappa shape index (κ3) is 3.38. The van der Waals surface area contributed by atoms with Crippen molar-refractivity contribution in [3.8, 4) is 6.07 Å². The van der Waals surface area contributed by atoms with Crippen LogP contribution >= 0.6 is 22.3 Å².